The maximum Gasteiger partial charge on any atom is 0.244 e. The topological polar surface area (TPSA) is 86.8 Å². The van der Waals surface area contributed by atoms with E-state index in [1.54, 1.807) is 43.3 Å². The van der Waals surface area contributed by atoms with Crippen molar-refractivity contribution >= 4 is 66.7 Å². The quantitative estimate of drug-likeness (QED) is 0.525. The van der Waals surface area contributed by atoms with E-state index in [1.807, 2.05) is 6.92 Å². The second-order valence-corrected chi connectivity index (χ2v) is 10.8. The van der Waals surface area contributed by atoms with Gasteiger partial charge in [-0.25, -0.2) is 8.42 Å². The Hall–Kier alpha value is -1.81. The standard InChI is InChI=1S/C21H24BrCl2N3O4S/c1-13-10-15(8-9-17(13)22)27(32(4,30)31)12-20(28)26(14(2)21(29)25-3)11-16-18(23)6-5-7-19(16)24/h5-10,14H,11-12H2,1-4H3,(H,25,29). The molecule has 0 radical (unpaired) electrons. The highest BCUT2D eigenvalue weighted by Crippen LogP contribution is 2.28. The lowest BCUT2D eigenvalue weighted by Gasteiger charge is -2.31. The summed E-state index contributed by atoms with van der Waals surface area (Å²) in [4.78, 5) is 27.0. The molecule has 174 valence electrons. The molecule has 0 aliphatic rings. The van der Waals surface area contributed by atoms with Crippen LogP contribution in [0.15, 0.2) is 40.9 Å². The van der Waals surface area contributed by atoms with Gasteiger partial charge in [-0.1, -0.05) is 45.2 Å². The molecule has 1 atom stereocenters. The molecule has 2 amide bonds. The molecule has 0 fully saturated rings. The molecule has 0 saturated heterocycles. The first-order chi connectivity index (χ1) is 14.9. The third kappa shape index (κ3) is 6.37. The molecule has 11 heteroatoms. The van der Waals surface area contributed by atoms with E-state index in [4.69, 9.17) is 23.2 Å². The van der Waals surface area contributed by atoms with Gasteiger partial charge in [-0.15, -0.1) is 0 Å². The normalized spacial score (nSPS) is 12.2. The van der Waals surface area contributed by atoms with Crippen LogP contribution in [0.25, 0.3) is 0 Å². The number of aryl methyl sites for hydroxylation is 1. The lowest BCUT2D eigenvalue weighted by molar-refractivity contribution is -0.139. The molecule has 7 nitrogen and oxygen atoms in total. The van der Waals surface area contributed by atoms with Crippen molar-refractivity contribution in [3.8, 4) is 0 Å². The van der Waals surface area contributed by atoms with E-state index in [1.165, 1.54) is 11.9 Å². The van der Waals surface area contributed by atoms with Gasteiger partial charge in [-0.3, -0.25) is 13.9 Å². The molecule has 1 N–H and O–H groups in total. The molecule has 0 heterocycles. The first-order valence-electron chi connectivity index (χ1n) is 9.54. The van der Waals surface area contributed by atoms with Gasteiger partial charge in [-0.05, 0) is 49.7 Å². The van der Waals surface area contributed by atoms with Gasteiger partial charge in [-0.2, -0.15) is 0 Å². The van der Waals surface area contributed by atoms with Crippen LogP contribution in [0.5, 0.6) is 0 Å². The van der Waals surface area contributed by atoms with E-state index in [2.05, 4.69) is 21.2 Å². The molecular formula is C21H24BrCl2N3O4S. The van der Waals surface area contributed by atoms with Crippen LogP contribution in [0.2, 0.25) is 10.0 Å². The highest BCUT2D eigenvalue weighted by molar-refractivity contribution is 9.10. The van der Waals surface area contributed by atoms with E-state index < -0.39 is 34.4 Å². The molecular weight excluding hydrogens is 541 g/mol. The number of rotatable bonds is 8. The molecule has 0 spiro atoms. The average molecular weight is 565 g/mol. The Kier molecular flexibility index (Phi) is 8.98. The Balaban J connectivity index is 2.46. The SMILES string of the molecule is CNC(=O)C(C)N(Cc1c(Cl)cccc1Cl)C(=O)CN(c1ccc(Br)c(C)c1)S(C)(=O)=O. The number of nitrogens with zero attached hydrogens (tertiary/aromatic N) is 2. The number of likely N-dealkylation sites (N-methyl/N-ethyl adjacent to an activating group) is 1. The van der Waals surface area contributed by atoms with Gasteiger partial charge in [0.2, 0.25) is 21.8 Å². The number of anilines is 1. The molecule has 2 aromatic rings. The fraction of sp³-hybridized carbons (Fsp3) is 0.333. The monoisotopic (exact) mass is 563 g/mol. The minimum Gasteiger partial charge on any atom is -0.357 e. The molecule has 1 unspecified atom stereocenters. The van der Waals surface area contributed by atoms with Gasteiger partial charge in [0.05, 0.1) is 11.9 Å². The van der Waals surface area contributed by atoms with Crippen LogP contribution < -0.4 is 9.62 Å². The van der Waals surface area contributed by atoms with Crippen LogP contribution in [0, 0.1) is 6.92 Å². The first kappa shape index (κ1) is 26.4. The maximum atomic E-state index is 13.4. The zero-order chi connectivity index (χ0) is 24.2. The minimum atomic E-state index is -3.80. The van der Waals surface area contributed by atoms with Crippen molar-refractivity contribution in [1.29, 1.82) is 0 Å². The summed E-state index contributed by atoms with van der Waals surface area (Å²) in [6.07, 6.45) is 1.02. The smallest absolute Gasteiger partial charge is 0.244 e. The summed E-state index contributed by atoms with van der Waals surface area (Å²) in [7, 11) is -2.34. The van der Waals surface area contributed by atoms with Crippen molar-refractivity contribution < 1.29 is 18.0 Å². The van der Waals surface area contributed by atoms with Gasteiger partial charge in [0.15, 0.2) is 0 Å². The fourth-order valence-corrected chi connectivity index (χ4v) is 4.65. The highest BCUT2D eigenvalue weighted by Gasteiger charge is 2.30. The zero-order valence-electron chi connectivity index (χ0n) is 18.0. The number of nitrogens with one attached hydrogen (secondary N) is 1. The average Bonchev–Trinajstić information content (AvgIpc) is 2.72. The Morgan fingerprint density at radius 3 is 2.25 bits per heavy atom. The van der Waals surface area contributed by atoms with Gasteiger partial charge >= 0.3 is 0 Å². The Morgan fingerprint density at radius 2 is 1.75 bits per heavy atom. The van der Waals surface area contributed by atoms with Crippen molar-refractivity contribution in [3.05, 3.63) is 62.0 Å². The zero-order valence-corrected chi connectivity index (χ0v) is 21.9. The highest BCUT2D eigenvalue weighted by atomic mass is 79.9. The fourth-order valence-electron chi connectivity index (χ4n) is 3.04. The summed E-state index contributed by atoms with van der Waals surface area (Å²) < 4.78 is 26.9. The summed E-state index contributed by atoms with van der Waals surface area (Å²) >= 11 is 15.9. The van der Waals surface area contributed by atoms with E-state index in [0.29, 0.717) is 21.3 Å². The number of halogens is 3. The van der Waals surface area contributed by atoms with E-state index >= 15 is 0 Å². The number of amides is 2. The number of carbonyl (C=O) groups excluding carboxylic acids is 2. The van der Waals surface area contributed by atoms with Crippen molar-refractivity contribution in [3.63, 3.8) is 0 Å². The largest absolute Gasteiger partial charge is 0.357 e. The van der Waals surface area contributed by atoms with Crippen molar-refractivity contribution in [2.24, 2.45) is 0 Å². The van der Waals surface area contributed by atoms with E-state index in [0.717, 1.165) is 20.6 Å². The van der Waals surface area contributed by atoms with Gasteiger partial charge in [0, 0.05) is 33.7 Å². The molecule has 2 rings (SSSR count). The lowest BCUT2D eigenvalue weighted by Crippen LogP contribution is -2.50. The molecule has 2 aromatic carbocycles. The van der Waals surface area contributed by atoms with Crippen LogP contribution in [-0.2, 0) is 26.2 Å². The van der Waals surface area contributed by atoms with Crippen molar-refractivity contribution in [2.45, 2.75) is 26.4 Å². The first-order valence-corrected chi connectivity index (χ1v) is 12.9. The molecule has 0 aliphatic heterocycles. The number of sulfonamides is 1. The molecule has 0 aromatic heterocycles. The second kappa shape index (κ2) is 10.9. The van der Waals surface area contributed by atoms with E-state index in [9.17, 15) is 18.0 Å². The van der Waals surface area contributed by atoms with Crippen LogP contribution in [-0.4, -0.2) is 51.0 Å². The Bertz CT molecular complexity index is 1110. The molecule has 0 saturated carbocycles. The summed E-state index contributed by atoms with van der Waals surface area (Å²) in [5.41, 5.74) is 1.61. The number of hydrogen-bond acceptors (Lipinski definition) is 4. The Morgan fingerprint density at radius 1 is 1.16 bits per heavy atom. The third-order valence-corrected chi connectivity index (χ3v) is 7.65. The van der Waals surface area contributed by atoms with Crippen molar-refractivity contribution in [1.82, 2.24) is 10.2 Å². The predicted octanol–water partition coefficient (Wildman–Crippen LogP) is 3.99. The maximum absolute atomic E-state index is 13.4. The molecule has 0 aliphatic carbocycles. The van der Waals surface area contributed by atoms with Crippen LogP contribution >= 0.6 is 39.1 Å². The lowest BCUT2D eigenvalue weighted by atomic mass is 10.1. The van der Waals surface area contributed by atoms with Crippen LogP contribution in [0.4, 0.5) is 5.69 Å². The third-order valence-electron chi connectivity index (χ3n) is 4.91. The van der Waals surface area contributed by atoms with Gasteiger partial charge < -0.3 is 10.2 Å². The van der Waals surface area contributed by atoms with Gasteiger partial charge in [0.1, 0.15) is 12.6 Å². The summed E-state index contributed by atoms with van der Waals surface area (Å²) in [6, 6.07) is 9.00. The molecule has 32 heavy (non-hydrogen) atoms. The second-order valence-electron chi connectivity index (χ2n) is 7.22. The number of benzene rings is 2. The summed E-state index contributed by atoms with van der Waals surface area (Å²) in [5, 5.41) is 3.18. The summed E-state index contributed by atoms with van der Waals surface area (Å²) in [5.74, 6) is -0.991. The molecule has 0 bridgehead atoms. The van der Waals surface area contributed by atoms with E-state index in [-0.39, 0.29) is 6.54 Å². The van der Waals surface area contributed by atoms with Crippen LogP contribution in [0.1, 0.15) is 18.1 Å². The predicted molar refractivity (Wildman–Crippen MR) is 132 cm³/mol. The Labute approximate surface area is 206 Å². The minimum absolute atomic E-state index is 0.0666. The number of hydrogen-bond donors (Lipinski definition) is 1. The van der Waals surface area contributed by atoms with Gasteiger partial charge in [0.25, 0.3) is 0 Å². The number of carbonyl (C=O) groups is 2. The summed E-state index contributed by atoms with van der Waals surface area (Å²) in [6.45, 7) is 2.80. The van der Waals surface area contributed by atoms with Crippen molar-refractivity contribution in [2.75, 3.05) is 24.2 Å². The van der Waals surface area contributed by atoms with Crippen LogP contribution in [0.3, 0.4) is 0 Å².